The molecule has 0 fully saturated rings. The molecule has 0 saturated heterocycles. The number of unbranched alkanes of at least 4 members (excludes halogenated alkanes) is 10. The van der Waals surface area contributed by atoms with Crippen molar-refractivity contribution in [1.82, 2.24) is 0 Å². The summed E-state index contributed by atoms with van der Waals surface area (Å²) in [5.74, 6) is 1.23. The van der Waals surface area contributed by atoms with Gasteiger partial charge in [0.15, 0.2) is 17.8 Å². The Morgan fingerprint density at radius 3 is 1.34 bits per heavy atom. The molecule has 0 bridgehead atoms. The summed E-state index contributed by atoms with van der Waals surface area (Å²) in [4.78, 5) is 79.6. The van der Waals surface area contributed by atoms with E-state index in [9.17, 15) is 24.0 Å². The Morgan fingerprint density at radius 2 is 0.844 bits per heavy atom. The number of hydrogen-bond acceptors (Lipinski definition) is 15. The third-order valence-corrected chi connectivity index (χ3v) is 9.18. The topological polar surface area (TPSA) is 178 Å². The zero-order valence-electron chi connectivity index (χ0n) is 36.7. The summed E-state index contributed by atoms with van der Waals surface area (Å²) in [6, 6.07) is 18.5. The summed E-state index contributed by atoms with van der Waals surface area (Å²) < 4.78 is 32.2. The molecular weight excluding hydrogens is 829 g/mol. The van der Waals surface area contributed by atoms with Crippen LogP contribution in [0, 0.1) is 0 Å². The molecule has 0 saturated carbocycles. The molecule has 0 atom stereocenters. The standard InChI is InChI=1S/C49H62O15/c1-3-46(51)57-33-15-7-5-13-31-55-40-21-25-42(26-22-40)61-48(53)19-11-10-18-36-60-64-45-30-29-44(37-39(45)38-50)62-49(54)20-12-9-17-35-59-63-43-27-23-41(24-28-43)56-32-14-6-8-16-34-58-47(52)4-2/h3-4,21-30,37-38H,1-2,5-20,31-36H2. The number of aldehydes is 1. The van der Waals surface area contributed by atoms with Crippen molar-refractivity contribution in [2.75, 3.05) is 39.6 Å². The van der Waals surface area contributed by atoms with Gasteiger partial charge in [0.1, 0.15) is 23.0 Å². The van der Waals surface area contributed by atoms with Crippen molar-refractivity contribution in [3.63, 3.8) is 0 Å². The van der Waals surface area contributed by atoms with Crippen molar-refractivity contribution in [2.24, 2.45) is 0 Å². The molecule has 0 N–H and O–H groups in total. The summed E-state index contributed by atoms with van der Waals surface area (Å²) in [7, 11) is 0. The van der Waals surface area contributed by atoms with E-state index in [1.54, 1.807) is 36.4 Å². The van der Waals surface area contributed by atoms with Crippen molar-refractivity contribution >= 4 is 30.2 Å². The first-order valence-corrected chi connectivity index (χ1v) is 21.9. The van der Waals surface area contributed by atoms with Crippen LogP contribution in [-0.4, -0.2) is 69.8 Å². The van der Waals surface area contributed by atoms with Gasteiger partial charge in [0.05, 0.1) is 45.2 Å². The molecule has 0 aliphatic heterocycles. The minimum absolute atomic E-state index is 0.165. The highest BCUT2D eigenvalue weighted by Crippen LogP contribution is 2.25. The molecule has 0 heterocycles. The first kappa shape index (κ1) is 52.2. The minimum atomic E-state index is -0.429. The van der Waals surface area contributed by atoms with Gasteiger partial charge in [0.2, 0.25) is 0 Å². The monoisotopic (exact) mass is 890 g/mol. The normalized spacial score (nSPS) is 10.6. The Bertz CT molecular complexity index is 1820. The lowest BCUT2D eigenvalue weighted by atomic mass is 10.2. The Labute approximate surface area is 375 Å². The number of carbonyl (C=O) groups excluding carboxylic acids is 5. The highest BCUT2D eigenvalue weighted by atomic mass is 17.2. The average molecular weight is 891 g/mol. The van der Waals surface area contributed by atoms with Gasteiger partial charge >= 0.3 is 23.9 Å². The van der Waals surface area contributed by atoms with Gasteiger partial charge in [-0.1, -0.05) is 26.0 Å². The van der Waals surface area contributed by atoms with E-state index < -0.39 is 17.9 Å². The summed E-state index contributed by atoms with van der Waals surface area (Å²) >= 11 is 0. The molecule has 0 amide bonds. The van der Waals surface area contributed by atoms with E-state index >= 15 is 0 Å². The van der Waals surface area contributed by atoms with E-state index in [0.717, 1.165) is 69.3 Å². The smallest absolute Gasteiger partial charge is 0.330 e. The second-order valence-corrected chi connectivity index (χ2v) is 14.4. The molecule has 0 radical (unpaired) electrons. The molecule has 348 valence electrons. The van der Waals surface area contributed by atoms with Gasteiger partial charge in [-0.05, 0) is 144 Å². The summed E-state index contributed by atoms with van der Waals surface area (Å²) in [6.07, 6.45) is 14.4. The number of ether oxygens (including phenoxy) is 6. The maximum absolute atomic E-state index is 12.4. The third-order valence-electron chi connectivity index (χ3n) is 9.18. The SMILES string of the molecule is C=CC(=O)OCCCCCCOc1ccc(OOCCCCCC(=O)Oc2ccc(OOCCCCCC(=O)Oc3ccc(OCCCCCCOC(=O)C=C)cc3)c(C=O)c2)cc1. The Balaban J connectivity index is 1.15. The predicted octanol–water partition coefficient (Wildman–Crippen LogP) is 9.79. The van der Waals surface area contributed by atoms with Crippen LogP contribution in [0.15, 0.2) is 92.0 Å². The van der Waals surface area contributed by atoms with Crippen molar-refractivity contribution in [2.45, 2.75) is 103 Å². The van der Waals surface area contributed by atoms with Crippen molar-refractivity contribution < 1.29 is 71.9 Å². The zero-order valence-corrected chi connectivity index (χ0v) is 36.7. The van der Waals surface area contributed by atoms with Gasteiger partial charge in [0.25, 0.3) is 0 Å². The van der Waals surface area contributed by atoms with Crippen LogP contribution < -0.4 is 28.7 Å². The molecule has 0 unspecified atom stereocenters. The van der Waals surface area contributed by atoms with Gasteiger partial charge in [-0.2, -0.15) is 9.78 Å². The summed E-state index contributed by atoms with van der Waals surface area (Å²) in [6.45, 7) is 9.24. The molecular formula is C49H62O15. The fourth-order valence-corrected chi connectivity index (χ4v) is 5.71. The predicted molar refractivity (Wildman–Crippen MR) is 236 cm³/mol. The first-order valence-electron chi connectivity index (χ1n) is 21.9. The second-order valence-electron chi connectivity index (χ2n) is 14.4. The van der Waals surface area contributed by atoms with Gasteiger partial charge < -0.3 is 38.2 Å². The van der Waals surface area contributed by atoms with Crippen molar-refractivity contribution in [3.05, 3.63) is 97.6 Å². The highest BCUT2D eigenvalue weighted by molar-refractivity contribution is 5.82. The van der Waals surface area contributed by atoms with E-state index in [1.165, 1.54) is 18.2 Å². The number of benzene rings is 3. The number of hydrogen-bond donors (Lipinski definition) is 0. The molecule has 0 spiro atoms. The Kier molecular flexibility index (Phi) is 27.2. The molecule has 3 aromatic rings. The minimum Gasteiger partial charge on any atom is -0.494 e. The number of carbonyl (C=O) groups is 5. The Morgan fingerprint density at radius 1 is 0.438 bits per heavy atom. The van der Waals surface area contributed by atoms with Crippen LogP contribution in [0.3, 0.4) is 0 Å². The van der Waals surface area contributed by atoms with Crippen molar-refractivity contribution in [1.29, 1.82) is 0 Å². The first-order chi connectivity index (χ1) is 31.3. The quantitative estimate of drug-likeness (QED) is 0.0102. The molecule has 64 heavy (non-hydrogen) atoms. The second kappa shape index (κ2) is 33.4. The van der Waals surface area contributed by atoms with Crippen molar-refractivity contribution in [3.8, 4) is 34.5 Å². The number of rotatable bonds is 37. The molecule has 3 rings (SSSR count). The van der Waals surface area contributed by atoms with Crippen LogP contribution in [0.1, 0.15) is 113 Å². The van der Waals surface area contributed by atoms with E-state index in [2.05, 4.69) is 13.2 Å². The van der Waals surface area contributed by atoms with Crippen LogP contribution in [0.2, 0.25) is 0 Å². The fraction of sp³-hybridized carbons (Fsp3) is 0.449. The van der Waals surface area contributed by atoms with E-state index in [0.29, 0.717) is 95.1 Å². The summed E-state index contributed by atoms with van der Waals surface area (Å²) in [5, 5.41) is 0. The third kappa shape index (κ3) is 24.4. The number of esters is 4. The van der Waals surface area contributed by atoms with Crippen LogP contribution in [0.5, 0.6) is 34.5 Å². The van der Waals surface area contributed by atoms with Gasteiger partial charge in [0, 0.05) is 25.0 Å². The average Bonchev–Trinajstić information content (AvgIpc) is 3.31. The molecule has 0 aliphatic carbocycles. The maximum atomic E-state index is 12.4. The molecule has 15 nitrogen and oxygen atoms in total. The molecule has 0 aliphatic rings. The Hall–Kier alpha value is -6.19. The van der Waals surface area contributed by atoms with Crippen LogP contribution in [0.25, 0.3) is 0 Å². The largest absolute Gasteiger partial charge is 0.494 e. The van der Waals surface area contributed by atoms with Crippen LogP contribution >= 0.6 is 0 Å². The fourth-order valence-electron chi connectivity index (χ4n) is 5.71. The highest BCUT2D eigenvalue weighted by Gasteiger charge is 2.11. The lowest BCUT2D eigenvalue weighted by Crippen LogP contribution is -2.09. The van der Waals surface area contributed by atoms with E-state index in [-0.39, 0.29) is 42.5 Å². The lowest BCUT2D eigenvalue weighted by molar-refractivity contribution is -0.207. The van der Waals surface area contributed by atoms with Crippen LogP contribution in [-0.2, 0) is 38.4 Å². The van der Waals surface area contributed by atoms with Gasteiger partial charge in [-0.15, -0.1) is 0 Å². The molecule has 3 aromatic carbocycles. The maximum Gasteiger partial charge on any atom is 0.330 e. The molecule has 0 aromatic heterocycles. The molecule has 15 heteroatoms. The van der Waals surface area contributed by atoms with Crippen LogP contribution in [0.4, 0.5) is 0 Å². The van der Waals surface area contributed by atoms with Gasteiger partial charge in [-0.3, -0.25) is 14.4 Å². The lowest BCUT2D eigenvalue weighted by Gasteiger charge is -2.10. The van der Waals surface area contributed by atoms with E-state index in [1.807, 2.05) is 12.1 Å². The summed E-state index contributed by atoms with van der Waals surface area (Å²) in [5.41, 5.74) is 0.165. The van der Waals surface area contributed by atoms with Gasteiger partial charge in [-0.25, -0.2) is 9.59 Å². The van der Waals surface area contributed by atoms with E-state index in [4.69, 9.17) is 48.0 Å². The zero-order chi connectivity index (χ0) is 45.9.